The number of carbonyl (C=O) groups is 1. The lowest BCUT2D eigenvalue weighted by atomic mass is 10.2. The van der Waals surface area contributed by atoms with Crippen molar-refractivity contribution < 1.29 is 9.90 Å². The van der Waals surface area contributed by atoms with Crippen molar-refractivity contribution in [1.29, 1.82) is 0 Å². The van der Waals surface area contributed by atoms with Crippen LogP contribution < -0.4 is 0 Å². The van der Waals surface area contributed by atoms with E-state index in [1.165, 1.54) is 0 Å². The van der Waals surface area contributed by atoms with Crippen molar-refractivity contribution in [2.24, 2.45) is 0 Å². The van der Waals surface area contributed by atoms with Gasteiger partial charge in [0, 0.05) is 12.6 Å². The molecule has 0 bridgehead atoms. The van der Waals surface area contributed by atoms with E-state index in [1.54, 1.807) is 11.8 Å². The molecular formula is C12H26N2O2. The lowest BCUT2D eigenvalue weighted by Crippen LogP contribution is -2.46. The minimum Gasteiger partial charge on any atom is -0.392 e. The largest absolute Gasteiger partial charge is 0.392 e. The molecule has 1 atom stereocenters. The Hall–Kier alpha value is -0.610. The van der Waals surface area contributed by atoms with Crippen LogP contribution in [-0.4, -0.2) is 59.1 Å². The molecule has 0 spiro atoms. The topological polar surface area (TPSA) is 43.8 Å². The number of hydrogen-bond donors (Lipinski definition) is 1. The van der Waals surface area contributed by atoms with Crippen LogP contribution in [0.25, 0.3) is 0 Å². The number of carbonyl (C=O) groups excluding carboxylic acids is 1. The van der Waals surface area contributed by atoms with Crippen LogP contribution in [0.15, 0.2) is 0 Å². The van der Waals surface area contributed by atoms with Crippen molar-refractivity contribution >= 4 is 5.91 Å². The Morgan fingerprint density at radius 2 is 1.69 bits per heavy atom. The first-order valence-corrected chi connectivity index (χ1v) is 6.12. The molecule has 96 valence electrons. The molecule has 0 fully saturated rings. The maximum Gasteiger partial charge on any atom is 0.237 e. The van der Waals surface area contributed by atoms with Crippen molar-refractivity contribution in [3.63, 3.8) is 0 Å². The summed E-state index contributed by atoms with van der Waals surface area (Å²) < 4.78 is 0. The molecule has 4 nitrogen and oxygen atoms in total. The van der Waals surface area contributed by atoms with Crippen molar-refractivity contribution in [1.82, 2.24) is 9.80 Å². The number of aliphatic hydroxyl groups excluding tert-OH is 1. The van der Waals surface area contributed by atoms with Gasteiger partial charge < -0.3 is 10.0 Å². The molecule has 0 aliphatic rings. The Morgan fingerprint density at radius 1 is 1.19 bits per heavy atom. The maximum absolute atomic E-state index is 12.0. The molecule has 0 radical (unpaired) electrons. The summed E-state index contributed by atoms with van der Waals surface area (Å²) in [7, 11) is 0. The second-order valence-electron chi connectivity index (χ2n) is 4.45. The summed E-state index contributed by atoms with van der Waals surface area (Å²) >= 11 is 0. The zero-order valence-corrected chi connectivity index (χ0v) is 11.2. The molecule has 1 N–H and O–H groups in total. The zero-order valence-electron chi connectivity index (χ0n) is 11.2. The first-order valence-electron chi connectivity index (χ1n) is 6.12. The predicted molar refractivity (Wildman–Crippen MR) is 66.3 cm³/mol. The molecule has 0 saturated heterocycles. The molecule has 0 aliphatic carbocycles. The fraction of sp³-hybridized carbons (Fsp3) is 0.917. The van der Waals surface area contributed by atoms with Gasteiger partial charge in [0.1, 0.15) is 0 Å². The number of rotatable bonds is 7. The van der Waals surface area contributed by atoms with Crippen LogP contribution in [-0.2, 0) is 4.79 Å². The van der Waals surface area contributed by atoms with E-state index < -0.39 is 6.10 Å². The van der Waals surface area contributed by atoms with Crippen LogP contribution in [0.5, 0.6) is 0 Å². The van der Waals surface area contributed by atoms with Gasteiger partial charge in [0.15, 0.2) is 0 Å². The van der Waals surface area contributed by atoms with Gasteiger partial charge in [-0.3, -0.25) is 9.69 Å². The molecule has 0 saturated carbocycles. The Labute approximate surface area is 99.2 Å². The first kappa shape index (κ1) is 15.4. The number of amides is 1. The van der Waals surface area contributed by atoms with Crippen LogP contribution in [0, 0.1) is 0 Å². The molecule has 16 heavy (non-hydrogen) atoms. The van der Waals surface area contributed by atoms with Gasteiger partial charge in [-0.2, -0.15) is 0 Å². The molecular weight excluding hydrogens is 204 g/mol. The van der Waals surface area contributed by atoms with Gasteiger partial charge in [-0.25, -0.2) is 0 Å². The maximum atomic E-state index is 12.0. The summed E-state index contributed by atoms with van der Waals surface area (Å²) in [6.07, 6.45) is -0.469. The van der Waals surface area contributed by atoms with Crippen LogP contribution in [0.3, 0.4) is 0 Å². The average Bonchev–Trinajstić information content (AvgIpc) is 2.21. The van der Waals surface area contributed by atoms with E-state index in [4.69, 9.17) is 0 Å². The highest BCUT2D eigenvalue weighted by Gasteiger charge is 2.19. The molecule has 0 aliphatic heterocycles. The second-order valence-corrected chi connectivity index (χ2v) is 4.45. The Balaban J connectivity index is 4.37. The quantitative estimate of drug-likeness (QED) is 0.708. The van der Waals surface area contributed by atoms with E-state index in [2.05, 4.69) is 4.90 Å². The number of aliphatic hydroxyl groups is 1. The molecule has 0 heterocycles. The monoisotopic (exact) mass is 230 g/mol. The van der Waals surface area contributed by atoms with E-state index in [0.717, 1.165) is 13.1 Å². The highest BCUT2D eigenvalue weighted by atomic mass is 16.3. The highest BCUT2D eigenvalue weighted by molar-refractivity contribution is 5.78. The second kappa shape index (κ2) is 7.63. The number of nitrogens with zero attached hydrogens (tertiary/aromatic N) is 2. The SMILES string of the molecule is CCN(CC)CC(=O)N(CC(C)O)C(C)C. The van der Waals surface area contributed by atoms with Gasteiger partial charge in [0.05, 0.1) is 12.6 Å². The Kier molecular flexibility index (Phi) is 7.34. The first-order chi connectivity index (χ1) is 7.42. The average molecular weight is 230 g/mol. The van der Waals surface area contributed by atoms with Crippen molar-refractivity contribution in [3.05, 3.63) is 0 Å². The van der Waals surface area contributed by atoms with Crippen LogP contribution in [0.4, 0.5) is 0 Å². The molecule has 0 aromatic rings. The van der Waals surface area contributed by atoms with Crippen LogP contribution in [0.2, 0.25) is 0 Å². The third-order valence-electron chi connectivity index (χ3n) is 2.66. The molecule has 4 heteroatoms. The molecule has 0 aromatic carbocycles. The predicted octanol–water partition coefficient (Wildman–Crippen LogP) is 0.946. The third kappa shape index (κ3) is 5.47. The molecule has 0 aromatic heterocycles. The lowest BCUT2D eigenvalue weighted by Gasteiger charge is -2.30. The number of hydrogen-bond acceptors (Lipinski definition) is 3. The highest BCUT2D eigenvalue weighted by Crippen LogP contribution is 2.02. The fourth-order valence-electron chi connectivity index (χ4n) is 1.61. The van der Waals surface area contributed by atoms with Crippen LogP contribution in [0.1, 0.15) is 34.6 Å². The lowest BCUT2D eigenvalue weighted by molar-refractivity contribution is -0.135. The summed E-state index contributed by atoms with van der Waals surface area (Å²) in [5.41, 5.74) is 0. The Morgan fingerprint density at radius 3 is 2.00 bits per heavy atom. The fourth-order valence-corrected chi connectivity index (χ4v) is 1.61. The smallest absolute Gasteiger partial charge is 0.237 e. The van der Waals surface area contributed by atoms with Crippen molar-refractivity contribution in [2.45, 2.75) is 46.8 Å². The van der Waals surface area contributed by atoms with Gasteiger partial charge in [-0.1, -0.05) is 13.8 Å². The number of likely N-dealkylation sites (N-methyl/N-ethyl adjacent to an activating group) is 1. The zero-order chi connectivity index (χ0) is 12.7. The van der Waals surface area contributed by atoms with Crippen molar-refractivity contribution in [3.8, 4) is 0 Å². The van der Waals surface area contributed by atoms with Gasteiger partial charge in [-0.05, 0) is 33.9 Å². The van der Waals surface area contributed by atoms with Gasteiger partial charge in [0.2, 0.25) is 5.91 Å². The van der Waals surface area contributed by atoms with E-state index in [1.807, 2.05) is 27.7 Å². The summed E-state index contributed by atoms with van der Waals surface area (Å²) in [6.45, 7) is 12.4. The minimum absolute atomic E-state index is 0.0969. The normalized spacial score (nSPS) is 13.2. The van der Waals surface area contributed by atoms with E-state index in [0.29, 0.717) is 13.1 Å². The Bertz CT molecular complexity index is 201. The van der Waals surface area contributed by atoms with Crippen LogP contribution >= 0.6 is 0 Å². The molecule has 1 unspecified atom stereocenters. The standard InChI is InChI=1S/C12H26N2O2/c1-6-13(7-2)9-12(16)14(10(3)4)8-11(5)15/h10-11,15H,6-9H2,1-5H3. The summed E-state index contributed by atoms with van der Waals surface area (Å²) in [5.74, 6) is 0.0969. The van der Waals surface area contributed by atoms with Gasteiger partial charge >= 0.3 is 0 Å². The molecule has 1 amide bonds. The van der Waals surface area contributed by atoms with E-state index in [9.17, 15) is 9.90 Å². The van der Waals surface area contributed by atoms with E-state index in [-0.39, 0.29) is 11.9 Å². The van der Waals surface area contributed by atoms with E-state index >= 15 is 0 Å². The molecule has 0 rings (SSSR count). The van der Waals surface area contributed by atoms with Gasteiger partial charge in [-0.15, -0.1) is 0 Å². The summed E-state index contributed by atoms with van der Waals surface area (Å²) in [6, 6.07) is 0.137. The van der Waals surface area contributed by atoms with Crippen molar-refractivity contribution in [2.75, 3.05) is 26.2 Å². The third-order valence-corrected chi connectivity index (χ3v) is 2.66. The summed E-state index contributed by atoms with van der Waals surface area (Å²) in [4.78, 5) is 15.8. The van der Waals surface area contributed by atoms with Gasteiger partial charge in [0.25, 0.3) is 0 Å². The summed E-state index contributed by atoms with van der Waals surface area (Å²) in [5, 5.41) is 9.36. The minimum atomic E-state index is -0.469.